The summed E-state index contributed by atoms with van der Waals surface area (Å²) < 4.78 is 40.9. The number of alkyl halides is 3. The van der Waals surface area contributed by atoms with Gasteiger partial charge < -0.3 is 10.1 Å². The lowest BCUT2D eigenvalue weighted by Crippen LogP contribution is -2.31. The summed E-state index contributed by atoms with van der Waals surface area (Å²) in [6.07, 6.45) is 0.901. The van der Waals surface area contributed by atoms with Crippen molar-refractivity contribution in [2.24, 2.45) is 0 Å². The summed E-state index contributed by atoms with van der Waals surface area (Å²) in [5.74, 6) is 0.119. The van der Waals surface area contributed by atoms with Gasteiger partial charge >= 0.3 is 6.36 Å². The summed E-state index contributed by atoms with van der Waals surface area (Å²) in [6.45, 7) is 0. The molecule has 0 amide bonds. The quantitative estimate of drug-likeness (QED) is 0.840. The van der Waals surface area contributed by atoms with Gasteiger partial charge in [0.15, 0.2) is 0 Å². The molecule has 0 bridgehead atoms. The third-order valence-electron chi connectivity index (χ3n) is 3.91. The van der Waals surface area contributed by atoms with Gasteiger partial charge in [0.2, 0.25) is 0 Å². The fraction of sp³-hybridized carbons (Fsp3) is 0.600. The lowest BCUT2D eigenvalue weighted by Gasteiger charge is -2.25. The van der Waals surface area contributed by atoms with E-state index in [4.69, 9.17) is 0 Å². The number of likely N-dealkylation sites (N-methyl/N-ethyl adjacent to an activating group) is 1. The highest BCUT2D eigenvalue weighted by atomic mass is 19.4. The molecule has 5 heteroatoms. The second-order valence-electron chi connectivity index (χ2n) is 5.26. The van der Waals surface area contributed by atoms with Crippen LogP contribution in [0.1, 0.15) is 43.6 Å². The number of benzene rings is 1. The molecule has 2 unspecified atom stereocenters. The zero-order valence-electron chi connectivity index (χ0n) is 11.5. The van der Waals surface area contributed by atoms with Crippen LogP contribution in [-0.4, -0.2) is 19.5 Å². The van der Waals surface area contributed by atoms with Crippen molar-refractivity contribution in [1.82, 2.24) is 5.32 Å². The average Bonchev–Trinajstić information content (AvgIpc) is 2.61. The molecule has 1 fully saturated rings. The fourth-order valence-electron chi connectivity index (χ4n) is 2.99. The van der Waals surface area contributed by atoms with Crippen LogP contribution in [0, 0.1) is 0 Å². The van der Waals surface area contributed by atoms with Crippen molar-refractivity contribution in [2.45, 2.75) is 50.4 Å². The van der Waals surface area contributed by atoms with E-state index in [1.807, 2.05) is 13.1 Å². The van der Waals surface area contributed by atoms with Crippen LogP contribution in [0.25, 0.3) is 0 Å². The Balaban J connectivity index is 2.19. The Labute approximate surface area is 117 Å². The van der Waals surface area contributed by atoms with Crippen molar-refractivity contribution in [1.29, 1.82) is 0 Å². The Kier molecular flexibility index (Phi) is 4.91. The van der Waals surface area contributed by atoms with E-state index < -0.39 is 6.36 Å². The van der Waals surface area contributed by atoms with Crippen LogP contribution in [0.5, 0.6) is 5.75 Å². The maximum atomic E-state index is 12.3. The minimum Gasteiger partial charge on any atom is -0.406 e. The minimum atomic E-state index is -4.63. The van der Waals surface area contributed by atoms with Gasteiger partial charge in [0.25, 0.3) is 0 Å². The zero-order valence-corrected chi connectivity index (χ0v) is 11.5. The molecule has 0 heterocycles. The van der Waals surface area contributed by atoms with Crippen molar-refractivity contribution in [3.63, 3.8) is 0 Å². The molecule has 2 rings (SSSR count). The van der Waals surface area contributed by atoms with Crippen LogP contribution in [0.2, 0.25) is 0 Å². The number of halogens is 3. The maximum absolute atomic E-state index is 12.3. The van der Waals surface area contributed by atoms with Crippen LogP contribution in [0.4, 0.5) is 13.2 Å². The molecule has 1 aromatic rings. The second kappa shape index (κ2) is 6.48. The Morgan fingerprint density at radius 3 is 2.60 bits per heavy atom. The normalized spacial score (nSPS) is 24.2. The van der Waals surface area contributed by atoms with Gasteiger partial charge in [-0.2, -0.15) is 0 Å². The first-order valence-corrected chi connectivity index (χ1v) is 7.02. The van der Waals surface area contributed by atoms with Crippen LogP contribution in [-0.2, 0) is 0 Å². The van der Waals surface area contributed by atoms with Crippen molar-refractivity contribution in [3.05, 3.63) is 29.8 Å². The third-order valence-corrected chi connectivity index (χ3v) is 3.91. The van der Waals surface area contributed by atoms with E-state index in [1.165, 1.54) is 25.0 Å². The van der Waals surface area contributed by atoms with Gasteiger partial charge in [-0.25, -0.2) is 0 Å². The molecule has 1 aliphatic carbocycles. The molecular formula is C15H20F3NO. The predicted octanol–water partition coefficient (Wildman–Crippen LogP) is 4.22. The molecule has 0 aliphatic heterocycles. The first kappa shape index (κ1) is 15.2. The maximum Gasteiger partial charge on any atom is 0.573 e. The average molecular weight is 287 g/mol. The molecule has 2 nitrogen and oxygen atoms in total. The first-order chi connectivity index (χ1) is 9.49. The summed E-state index contributed by atoms with van der Waals surface area (Å²) in [5.41, 5.74) is 0.924. The van der Waals surface area contributed by atoms with Crippen molar-refractivity contribution in [2.75, 3.05) is 7.05 Å². The Morgan fingerprint density at radius 1 is 1.15 bits per heavy atom. The minimum absolute atomic E-state index is 0.130. The van der Waals surface area contributed by atoms with Crippen LogP contribution < -0.4 is 10.1 Å². The topological polar surface area (TPSA) is 21.3 Å². The SMILES string of the molecule is CNC1CCCCCC1c1cccc(OC(F)(F)F)c1. The van der Waals surface area contributed by atoms with Gasteiger partial charge in [-0.1, -0.05) is 31.4 Å². The monoisotopic (exact) mass is 287 g/mol. The largest absolute Gasteiger partial charge is 0.573 e. The highest BCUT2D eigenvalue weighted by molar-refractivity contribution is 5.32. The van der Waals surface area contributed by atoms with E-state index in [2.05, 4.69) is 10.1 Å². The van der Waals surface area contributed by atoms with E-state index >= 15 is 0 Å². The van der Waals surface area contributed by atoms with E-state index in [9.17, 15) is 13.2 Å². The Bertz CT molecular complexity index is 433. The zero-order chi connectivity index (χ0) is 14.6. The fourth-order valence-corrected chi connectivity index (χ4v) is 2.99. The van der Waals surface area contributed by atoms with E-state index in [1.54, 1.807) is 6.07 Å². The summed E-state index contributed by atoms with van der Waals surface area (Å²) in [4.78, 5) is 0. The van der Waals surface area contributed by atoms with Crippen molar-refractivity contribution < 1.29 is 17.9 Å². The third kappa shape index (κ3) is 4.13. The summed E-state index contributed by atoms with van der Waals surface area (Å²) in [6, 6.07) is 6.71. The van der Waals surface area contributed by atoms with E-state index in [0.717, 1.165) is 24.8 Å². The van der Waals surface area contributed by atoms with Crippen LogP contribution >= 0.6 is 0 Å². The van der Waals surface area contributed by atoms with Gasteiger partial charge in [0, 0.05) is 6.04 Å². The molecule has 0 radical (unpaired) electrons. The molecule has 2 atom stereocenters. The second-order valence-corrected chi connectivity index (χ2v) is 5.26. The van der Waals surface area contributed by atoms with Crippen molar-refractivity contribution >= 4 is 0 Å². The number of ether oxygens (including phenoxy) is 1. The highest BCUT2D eigenvalue weighted by Gasteiger charge is 2.31. The van der Waals surface area contributed by atoms with Gasteiger partial charge in [-0.05, 0) is 43.5 Å². The van der Waals surface area contributed by atoms with Crippen LogP contribution in [0.15, 0.2) is 24.3 Å². The van der Waals surface area contributed by atoms with Gasteiger partial charge in [-0.3, -0.25) is 0 Å². The predicted molar refractivity (Wildman–Crippen MR) is 71.8 cm³/mol. The number of hydrogen-bond acceptors (Lipinski definition) is 2. The molecule has 112 valence electrons. The van der Waals surface area contributed by atoms with Gasteiger partial charge in [-0.15, -0.1) is 13.2 Å². The van der Waals surface area contributed by atoms with Crippen LogP contribution in [0.3, 0.4) is 0 Å². The first-order valence-electron chi connectivity index (χ1n) is 7.02. The Hall–Kier alpha value is -1.23. The van der Waals surface area contributed by atoms with E-state index in [0.29, 0.717) is 6.04 Å². The molecule has 0 aromatic heterocycles. The molecular weight excluding hydrogens is 267 g/mol. The summed E-state index contributed by atoms with van der Waals surface area (Å²) >= 11 is 0. The standard InChI is InChI=1S/C15H20F3NO/c1-19-14-9-4-2-3-8-13(14)11-6-5-7-12(10-11)20-15(16,17)18/h5-7,10,13-14,19H,2-4,8-9H2,1H3. The van der Waals surface area contributed by atoms with Gasteiger partial charge in [0.1, 0.15) is 5.75 Å². The molecule has 1 saturated carbocycles. The van der Waals surface area contributed by atoms with E-state index in [-0.39, 0.29) is 11.7 Å². The lowest BCUT2D eigenvalue weighted by molar-refractivity contribution is -0.274. The molecule has 1 aliphatic rings. The molecule has 20 heavy (non-hydrogen) atoms. The number of hydrogen-bond donors (Lipinski definition) is 1. The number of rotatable bonds is 3. The van der Waals surface area contributed by atoms with Crippen molar-refractivity contribution in [3.8, 4) is 5.75 Å². The molecule has 1 aromatic carbocycles. The highest BCUT2D eigenvalue weighted by Crippen LogP contribution is 2.34. The molecule has 0 spiro atoms. The van der Waals surface area contributed by atoms with Gasteiger partial charge in [0.05, 0.1) is 0 Å². The summed E-state index contributed by atoms with van der Waals surface area (Å²) in [5, 5.41) is 3.30. The smallest absolute Gasteiger partial charge is 0.406 e. The Morgan fingerprint density at radius 2 is 1.90 bits per heavy atom. The number of nitrogens with one attached hydrogen (secondary N) is 1. The summed E-state index contributed by atoms with van der Waals surface area (Å²) in [7, 11) is 1.92. The molecule has 1 N–H and O–H groups in total. The molecule has 0 saturated heterocycles. The lowest BCUT2D eigenvalue weighted by atomic mass is 9.87.